The third kappa shape index (κ3) is 3.17. The van der Waals surface area contributed by atoms with E-state index < -0.39 is 0 Å². The van der Waals surface area contributed by atoms with Crippen molar-refractivity contribution in [2.45, 2.75) is 26.2 Å². The van der Waals surface area contributed by atoms with Crippen molar-refractivity contribution in [3.05, 3.63) is 17.8 Å². The molecule has 0 amide bonds. The van der Waals surface area contributed by atoms with Crippen LogP contribution in [0, 0.1) is 5.92 Å². The van der Waals surface area contributed by atoms with Crippen molar-refractivity contribution in [3.63, 3.8) is 0 Å². The first-order valence-corrected chi connectivity index (χ1v) is 6.15. The molecule has 1 unspecified atom stereocenters. The van der Waals surface area contributed by atoms with Gasteiger partial charge in [-0.1, -0.05) is 6.92 Å². The van der Waals surface area contributed by atoms with E-state index in [1.807, 2.05) is 12.1 Å². The Balaban J connectivity index is 1.71. The number of hydrogen-bond donors (Lipinski definition) is 2. The van der Waals surface area contributed by atoms with Gasteiger partial charge in [-0.2, -0.15) is 5.10 Å². The lowest BCUT2D eigenvalue weighted by Gasteiger charge is -2.09. The molecule has 1 aromatic rings. The zero-order valence-electron chi connectivity index (χ0n) is 9.87. The second kappa shape index (κ2) is 5.80. The molecule has 1 aliphatic heterocycles. The first-order chi connectivity index (χ1) is 7.88. The maximum absolute atomic E-state index is 4.14. The Labute approximate surface area is 96.9 Å². The Morgan fingerprint density at radius 2 is 2.38 bits per heavy atom. The van der Waals surface area contributed by atoms with Gasteiger partial charge < -0.3 is 10.6 Å². The van der Waals surface area contributed by atoms with E-state index in [4.69, 9.17) is 0 Å². The summed E-state index contributed by atoms with van der Waals surface area (Å²) in [7, 11) is 0. The Kier molecular flexibility index (Phi) is 4.10. The summed E-state index contributed by atoms with van der Waals surface area (Å²) in [5.41, 5.74) is 1.05. The van der Waals surface area contributed by atoms with Crippen LogP contribution in [0.1, 0.15) is 25.5 Å². The number of nitrogens with one attached hydrogen (secondary N) is 2. The van der Waals surface area contributed by atoms with Crippen molar-refractivity contribution >= 4 is 5.82 Å². The quantitative estimate of drug-likeness (QED) is 0.788. The molecule has 0 bridgehead atoms. The monoisotopic (exact) mass is 220 g/mol. The zero-order chi connectivity index (χ0) is 11.2. The van der Waals surface area contributed by atoms with E-state index in [1.165, 1.54) is 25.9 Å². The fourth-order valence-corrected chi connectivity index (χ4v) is 2.01. The van der Waals surface area contributed by atoms with E-state index >= 15 is 0 Å². The molecule has 2 N–H and O–H groups in total. The molecular weight excluding hydrogens is 200 g/mol. The Morgan fingerprint density at radius 1 is 1.44 bits per heavy atom. The molecule has 1 aliphatic rings. The van der Waals surface area contributed by atoms with Gasteiger partial charge in [0.05, 0.1) is 5.69 Å². The summed E-state index contributed by atoms with van der Waals surface area (Å²) in [6.45, 7) is 5.43. The van der Waals surface area contributed by atoms with Crippen molar-refractivity contribution in [3.8, 4) is 0 Å². The summed E-state index contributed by atoms with van der Waals surface area (Å²) in [4.78, 5) is 0. The number of hydrogen-bond acceptors (Lipinski definition) is 4. The second-order valence-corrected chi connectivity index (χ2v) is 4.34. The van der Waals surface area contributed by atoms with Crippen LogP contribution in [-0.4, -0.2) is 29.8 Å². The van der Waals surface area contributed by atoms with Crippen LogP contribution in [0.4, 0.5) is 5.82 Å². The molecule has 0 radical (unpaired) electrons. The number of aryl methyl sites for hydroxylation is 1. The first kappa shape index (κ1) is 11.3. The molecule has 88 valence electrons. The van der Waals surface area contributed by atoms with Gasteiger partial charge >= 0.3 is 0 Å². The van der Waals surface area contributed by atoms with E-state index in [2.05, 4.69) is 27.8 Å². The summed E-state index contributed by atoms with van der Waals surface area (Å²) < 4.78 is 0. The summed E-state index contributed by atoms with van der Waals surface area (Å²) in [6, 6.07) is 4.05. The van der Waals surface area contributed by atoms with Gasteiger partial charge in [-0.25, -0.2) is 0 Å². The third-order valence-corrected chi connectivity index (χ3v) is 3.10. The van der Waals surface area contributed by atoms with Gasteiger partial charge in [0.25, 0.3) is 0 Å². The average Bonchev–Trinajstić information content (AvgIpc) is 2.83. The molecular formula is C12H20N4. The van der Waals surface area contributed by atoms with Gasteiger partial charge in [0.1, 0.15) is 5.82 Å². The Hall–Kier alpha value is -1.16. The van der Waals surface area contributed by atoms with Crippen LogP contribution in [0.5, 0.6) is 0 Å². The van der Waals surface area contributed by atoms with Crippen LogP contribution in [0.15, 0.2) is 12.1 Å². The second-order valence-electron chi connectivity index (χ2n) is 4.34. The highest BCUT2D eigenvalue weighted by molar-refractivity contribution is 5.32. The topological polar surface area (TPSA) is 49.8 Å². The highest BCUT2D eigenvalue weighted by Gasteiger charge is 2.13. The van der Waals surface area contributed by atoms with Crippen molar-refractivity contribution in [2.75, 3.05) is 25.0 Å². The lowest BCUT2D eigenvalue weighted by Crippen LogP contribution is -2.13. The van der Waals surface area contributed by atoms with Gasteiger partial charge in [-0.05, 0) is 50.4 Å². The van der Waals surface area contributed by atoms with Crippen molar-refractivity contribution in [1.29, 1.82) is 0 Å². The molecule has 1 fully saturated rings. The number of rotatable bonds is 5. The minimum atomic E-state index is 0.829. The molecule has 0 saturated carbocycles. The summed E-state index contributed by atoms with van der Waals surface area (Å²) >= 11 is 0. The molecule has 1 saturated heterocycles. The maximum Gasteiger partial charge on any atom is 0.148 e. The van der Waals surface area contributed by atoms with E-state index in [9.17, 15) is 0 Å². The minimum absolute atomic E-state index is 0.829. The van der Waals surface area contributed by atoms with Gasteiger partial charge in [-0.15, -0.1) is 5.10 Å². The SMILES string of the molecule is CCc1ccc(NCCC2CCNC2)nn1. The minimum Gasteiger partial charge on any atom is -0.369 e. The van der Waals surface area contributed by atoms with Crippen LogP contribution >= 0.6 is 0 Å². The van der Waals surface area contributed by atoms with E-state index in [-0.39, 0.29) is 0 Å². The van der Waals surface area contributed by atoms with Gasteiger partial charge in [-0.3, -0.25) is 0 Å². The molecule has 0 spiro atoms. The number of anilines is 1. The Morgan fingerprint density at radius 3 is 3.00 bits per heavy atom. The summed E-state index contributed by atoms with van der Waals surface area (Å²) in [5.74, 6) is 1.72. The first-order valence-electron chi connectivity index (χ1n) is 6.15. The molecule has 0 aromatic carbocycles. The molecule has 1 aromatic heterocycles. The van der Waals surface area contributed by atoms with Crippen molar-refractivity contribution < 1.29 is 0 Å². The summed E-state index contributed by atoms with van der Waals surface area (Å²) in [5, 5.41) is 15.0. The van der Waals surface area contributed by atoms with Crippen LogP contribution < -0.4 is 10.6 Å². The van der Waals surface area contributed by atoms with Gasteiger partial charge in [0, 0.05) is 6.54 Å². The molecule has 1 atom stereocenters. The van der Waals surface area contributed by atoms with Gasteiger partial charge in [0.2, 0.25) is 0 Å². The largest absolute Gasteiger partial charge is 0.369 e. The normalized spacial score (nSPS) is 19.9. The van der Waals surface area contributed by atoms with Crippen LogP contribution in [0.25, 0.3) is 0 Å². The van der Waals surface area contributed by atoms with Crippen molar-refractivity contribution in [2.24, 2.45) is 5.92 Å². The molecule has 4 nitrogen and oxygen atoms in total. The molecule has 4 heteroatoms. The molecule has 16 heavy (non-hydrogen) atoms. The zero-order valence-corrected chi connectivity index (χ0v) is 9.87. The Bertz CT molecular complexity index is 303. The standard InChI is InChI=1S/C12H20N4/c1-2-11-3-4-12(16-15-11)14-8-6-10-5-7-13-9-10/h3-4,10,13H,2,5-9H2,1H3,(H,14,16). The van der Waals surface area contributed by atoms with Crippen LogP contribution in [0.3, 0.4) is 0 Å². The molecule has 2 rings (SSSR count). The highest BCUT2D eigenvalue weighted by atomic mass is 15.2. The third-order valence-electron chi connectivity index (χ3n) is 3.10. The molecule has 2 heterocycles. The fraction of sp³-hybridized carbons (Fsp3) is 0.667. The van der Waals surface area contributed by atoms with Crippen LogP contribution in [0.2, 0.25) is 0 Å². The maximum atomic E-state index is 4.14. The lowest BCUT2D eigenvalue weighted by atomic mass is 10.1. The predicted octanol–water partition coefficient (Wildman–Crippen LogP) is 1.45. The lowest BCUT2D eigenvalue weighted by molar-refractivity contribution is 0.548. The molecule has 0 aliphatic carbocycles. The number of aromatic nitrogens is 2. The predicted molar refractivity (Wildman–Crippen MR) is 65.5 cm³/mol. The summed E-state index contributed by atoms with van der Waals surface area (Å²) in [6.07, 6.45) is 3.47. The average molecular weight is 220 g/mol. The van der Waals surface area contributed by atoms with Gasteiger partial charge in [0.15, 0.2) is 0 Å². The fourth-order valence-electron chi connectivity index (χ4n) is 2.01. The van der Waals surface area contributed by atoms with Crippen LogP contribution in [-0.2, 0) is 6.42 Å². The van der Waals surface area contributed by atoms with Crippen molar-refractivity contribution in [1.82, 2.24) is 15.5 Å². The van der Waals surface area contributed by atoms with E-state index in [1.54, 1.807) is 0 Å². The number of nitrogens with zero attached hydrogens (tertiary/aromatic N) is 2. The van der Waals surface area contributed by atoms with E-state index in [0.717, 1.165) is 30.4 Å². The smallest absolute Gasteiger partial charge is 0.148 e. The highest BCUT2D eigenvalue weighted by Crippen LogP contribution is 2.12. The van der Waals surface area contributed by atoms with E-state index in [0.29, 0.717) is 0 Å².